The summed E-state index contributed by atoms with van der Waals surface area (Å²) < 4.78 is 0. The number of aldehydes is 1. The van der Waals surface area contributed by atoms with Gasteiger partial charge in [0.1, 0.15) is 6.29 Å². The fourth-order valence-electron chi connectivity index (χ4n) is 3.07. The van der Waals surface area contributed by atoms with Gasteiger partial charge < -0.3 is 10.6 Å². The summed E-state index contributed by atoms with van der Waals surface area (Å²) >= 11 is 0. The van der Waals surface area contributed by atoms with E-state index in [0.717, 1.165) is 41.6 Å². The number of hydrogen-bond acceptors (Lipinski definition) is 3. The first-order valence-electron chi connectivity index (χ1n) is 7.46. The van der Waals surface area contributed by atoms with Crippen LogP contribution in [0, 0.1) is 0 Å². The molecule has 110 valence electrons. The first kappa shape index (κ1) is 13.1. The van der Waals surface area contributed by atoms with Gasteiger partial charge in [-0.1, -0.05) is 30.3 Å². The molecule has 22 heavy (non-hydrogen) atoms. The number of fused-ring (bicyclic) bond motifs is 1. The minimum Gasteiger partial charge on any atom is -0.377 e. The average molecular weight is 292 g/mol. The maximum absolute atomic E-state index is 12.1. The lowest BCUT2D eigenvalue weighted by molar-refractivity contribution is -0.116. The van der Waals surface area contributed by atoms with E-state index in [1.165, 1.54) is 0 Å². The van der Waals surface area contributed by atoms with Crippen LogP contribution in [0.15, 0.2) is 42.5 Å². The molecule has 4 rings (SSSR count). The van der Waals surface area contributed by atoms with Crippen LogP contribution in [0.1, 0.15) is 29.6 Å². The second-order valence-electron chi connectivity index (χ2n) is 6.10. The lowest BCUT2D eigenvalue weighted by Gasteiger charge is -2.18. The van der Waals surface area contributed by atoms with Gasteiger partial charge in [-0.2, -0.15) is 0 Å². The third-order valence-corrected chi connectivity index (χ3v) is 4.41. The second-order valence-corrected chi connectivity index (χ2v) is 6.10. The maximum atomic E-state index is 12.1. The van der Waals surface area contributed by atoms with Gasteiger partial charge in [0.25, 0.3) is 0 Å². The van der Waals surface area contributed by atoms with E-state index in [2.05, 4.69) is 10.6 Å². The van der Waals surface area contributed by atoms with Gasteiger partial charge in [-0.3, -0.25) is 9.59 Å². The largest absolute Gasteiger partial charge is 0.377 e. The van der Waals surface area contributed by atoms with Gasteiger partial charge in [-0.25, -0.2) is 0 Å². The third-order valence-electron chi connectivity index (χ3n) is 4.41. The van der Waals surface area contributed by atoms with Gasteiger partial charge in [-0.15, -0.1) is 0 Å². The number of anilines is 2. The van der Waals surface area contributed by atoms with Crippen molar-refractivity contribution in [3.63, 3.8) is 0 Å². The van der Waals surface area contributed by atoms with Crippen LogP contribution >= 0.6 is 0 Å². The molecular formula is C18H16N2O2. The Morgan fingerprint density at radius 2 is 1.91 bits per heavy atom. The Kier molecular flexibility index (Phi) is 2.79. The molecule has 1 fully saturated rings. The molecule has 2 aromatic rings. The molecule has 4 heteroatoms. The molecule has 1 heterocycles. The molecule has 0 bridgehead atoms. The van der Waals surface area contributed by atoms with Crippen LogP contribution in [0.3, 0.4) is 0 Å². The molecule has 0 atom stereocenters. The Balaban J connectivity index is 1.86. The summed E-state index contributed by atoms with van der Waals surface area (Å²) in [5.41, 5.74) is 4.30. The van der Waals surface area contributed by atoms with Gasteiger partial charge in [0.15, 0.2) is 0 Å². The van der Waals surface area contributed by atoms with E-state index in [0.29, 0.717) is 12.0 Å². The second kappa shape index (κ2) is 4.70. The van der Waals surface area contributed by atoms with Crippen LogP contribution in [0.2, 0.25) is 0 Å². The smallest absolute Gasteiger partial charge is 0.226 e. The number of carbonyl (C=O) groups excluding carboxylic acids is 2. The number of benzene rings is 2. The zero-order chi connectivity index (χ0) is 15.2. The molecule has 0 saturated heterocycles. The first-order valence-corrected chi connectivity index (χ1v) is 7.46. The van der Waals surface area contributed by atoms with Crippen molar-refractivity contribution in [2.75, 3.05) is 10.6 Å². The highest BCUT2D eigenvalue weighted by molar-refractivity contribution is 6.01. The Labute approximate surface area is 128 Å². The van der Waals surface area contributed by atoms with Crippen LogP contribution in [0.5, 0.6) is 0 Å². The molecule has 0 radical (unpaired) electrons. The van der Waals surface area contributed by atoms with Crippen LogP contribution in [-0.4, -0.2) is 17.7 Å². The van der Waals surface area contributed by atoms with Crippen LogP contribution in [-0.2, 0) is 4.79 Å². The van der Waals surface area contributed by atoms with Crippen LogP contribution in [0.25, 0.3) is 11.1 Å². The molecule has 4 nitrogen and oxygen atoms in total. The standard InChI is InChI=1S/C18H16N2O2/c21-11-12-3-1-4-13(9-12)14-5-2-6-15-17(14)20-18(7-8-18)10-16(22)19-15/h1-6,9,11,20H,7-8,10H2,(H,19,22). The number of hydrogen-bond donors (Lipinski definition) is 2. The van der Waals surface area contributed by atoms with E-state index in [9.17, 15) is 9.59 Å². The number of amides is 1. The Morgan fingerprint density at radius 3 is 2.68 bits per heavy atom. The molecule has 1 amide bonds. The lowest BCUT2D eigenvalue weighted by atomic mass is 10.00. The molecule has 1 aliphatic heterocycles. The van der Waals surface area contributed by atoms with E-state index in [-0.39, 0.29) is 11.4 Å². The predicted molar refractivity (Wildman–Crippen MR) is 86.1 cm³/mol. The van der Waals surface area contributed by atoms with Crippen molar-refractivity contribution in [1.82, 2.24) is 0 Å². The monoisotopic (exact) mass is 292 g/mol. The molecule has 1 saturated carbocycles. The zero-order valence-corrected chi connectivity index (χ0v) is 12.1. The highest BCUT2D eigenvalue weighted by atomic mass is 16.1. The van der Waals surface area contributed by atoms with Gasteiger partial charge in [-0.05, 0) is 30.5 Å². The van der Waals surface area contributed by atoms with E-state index in [1.807, 2.05) is 36.4 Å². The summed E-state index contributed by atoms with van der Waals surface area (Å²) in [5.74, 6) is 0.0579. The minimum atomic E-state index is -0.0896. The average Bonchev–Trinajstić information content (AvgIpc) is 3.30. The van der Waals surface area contributed by atoms with Gasteiger partial charge in [0, 0.05) is 23.1 Å². The minimum absolute atomic E-state index is 0.0579. The Bertz CT molecular complexity index is 778. The highest BCUT2D eigenvalue weighted by Gasteiger charge is 2.46. The summed E-state index contributed by atoms with van der Waals surface area (Å²) in [6.45, 7) is 0. The predicted octanol–water partition coefficient (Wildman–Crippen LogP) is 3.45. The normalized spacial score (nSPS) is 17.9. The van der Waals surface area contributed by atoms with E-state index in [4.69, 9.17) is 0 Å². The Hall–Kier alpha value is -2.62. The van der Waals surface area contributed by atoms with Crippen LogP contribution in [0.4, 0.5) is 11.4 Å². The summed E-state index contributed by atoms with van der Waals surface area (Å²) in [7, 11) is 0. The van der Waals surface area contributed by atoms with Crippen molar-refractivity contribution < 1.29 is 9.59 Å². The number of carbonyl (C=O) groups is 2. The Morgan fingerprint density at radius 1 is 1.09 bits per heavy atom. The number of rotatable bonds is 2. The molecule has 0 unspecified atom stereocenters. The zero-order valence-electron chi connectivity index (χ0n) is 12.1. The summed E-state index contributed by atoms with van der Waals surface area (Å²) in [4.78, 5) is 23.1. The number of para-hydroxylation sites is 1. The van der Waals surface area contributed by atoms with Crippen molar-refractivity contribution >= 4 is 23.6 Å². The fraction of sp³-hybridized carbons (Fsp3) is 0.222. The first-order chi connectivity index (χ1) is 10.7. The fourth-order valence-corrected chi connectivity index (χ4v) is 3.07. The van der Waals surface area contributed by atoms with Crippen molar-refractivity contribution in [3.8, 4) is 11.1 Å². The molecule has 2 aromatic carbocycles. The van der Waals surface area contributed by atoms with Crippen molar-refractivity contribution in [3.05, 3.63) is 48.0 Å². The van der Waals surface area contributed by atoms with E-state index in [1.54, 1.807) is 6.07 Å². The van der Waals surface area contributed by atoms with Crippen LogP contribution < -0.4 is 10.6 Å². The van der Waals surface area contributed by atoms with Gasteiger partial charge in [0.2, 0.25) is 5.91 Å². The van der Waals surface area contributed by atoms with Gasteiger partial charge in [0.05, 0.1) is 11.4 Å². The quantitative estimate of drug-likeness (QED) is 0.833. The molecule has 2 aliphatic rings. The summed E-state index contributed by atoms with van der Waals surface area (Å²) in [6, 6.07) is 13.4. The topological polar surface area (TPSA) is 58.2 Å². The third kappa shape index (κ3) is 2.17. The van der Waals surface area contributed by atoms with E-state index < -0.39 is 0 Å². The molecule has 2 N–H and O–H groups in total. The number of nitrogens with one attached hydrogen (secondary N) is 2. The van der Waals surface area contributed by atoms with E-state index >= 15 is 0 Å². The lowest BCUT2D eigenvalue weighted by Crippen LogP contribution is -2.24. The highest BCUT2D eigenvalue weighted by Crippen LogP contribution is 2.48. The van der Waals surface area contributed by atoms with Crippen molar-refractivity contribution in [1.29, 1.82) is 0 Å². The SMILES string of the molecule is O=Cc1cccc(-c2cccc3c2NC2(CC2)CC(=O)N3)c1. The van der Waals surface area contributed by atoms with Gasteiger partial charge >= 0.3 is 0 Å². The molecular weight excluding hydrogens is 276 g/mol. The molecule has 1 spiro atoms. The maximum Gasteiger partial charge on any atom is 0.226 e. The molecule has 1 aliphatic carbocycles. The van der Waals surface area contributed by atoms with Crippen molar-refractivity contribution in [2.24, 2.45) is 0 Å². The van der Waals surface area contributed by atoms with Crippen molar-refractivity contribution in [2.45, 2.75) is 24.8 Å². The molecule has 0 aromatic heterocycles. The summed E-state index contributed by atoms with van der Waals surface area (Å²) in [6.07, 6.45) is 3.39. The summed E-state index contributed by atoms with van der Waals surface area (Å²) in [5, 5.41) is 6.56.